The fourth-order valence-corrected chi connectivity index (χ4v) is 4.16. The first kappa shape index (κ1) is 15.6. The number of carbonyl (C=O) groups is 1. The highest BCUT2D eigenvalue weighted by Crippen LogP contribution is 2.17. The van der Waals surface area contributed by atoms with E-state index in [1.54, 1.807) is 7.11 Å². The maximum atomic E-state index is 11.7. The lowest BCUT2D eigenvalue weighted by Crippen LogP contribution is -2.38. The molecule has 1 aliphatic heterocycles. The summed E-state index contributed by atoms with van der Waals surface area (Å²) in [5, 5.41) is 5.46. The molecule has 21 heavy (non-hydrogen) atoms. The second-order valence-electron chi connectivity index (χ2n) is 5.18. The lowest BCUT2D eigenvalue weighted by Gasteiger charge is -2.11. The summed E-state index contributed by atoms with van der Waals surface area (Å²) in [7, 11) is -1.30. The fourth-order valence-electron chi connectivity index (χ4n) is 2.30. The molecule has 6 nitrogen and oxygen atoms in total. The van der Waals surface area contributed by atoms with Gasteiger partial charge in [0.15, 0.2) is 9.84 Å². The summed E-state index contributed by atoms with van der Waals surface area (Å²) in [6.45, 7) is 0.787. The molecule has 0 aliphatic carbocycles. The molecule has 1 atom stereocenters. The minimum Gasteiger partial charge on any atom is -0.497 e. The Morgan fingerprint density at radius 3 is 2.86 bits per heavy atom. The SMILES string of the molecule is COc1cccc(CNC(=O)NC[C@@H]2CCS(=O)(=O)C2)c1. The Balaban J connectivity index is 1.72. The lowest BCUT2D eigenvalue weighted by atomic mass is 10.1. The third-order valence-electron chi connectivity index (χ3n) is 3.47. The van der Waals surface area contributed by atoms with Crippen molar-refractivity contribution < 1.29 is 17.9 Å². The molecular formula is C14H20N2O4S. The molecule has 2 rings (SSSR count). The van der Waals surface area contributed by atoms with Gasteiger partial charge in [0.2, 0.25) is 0 Å². The number of urea groups is 1. The van der Waals surface area contributed by atoms with E-state index >= 15 is 0 Å². The quantitative estimate of drug-likeness (QED) is 0.847. The van der Waals surface area contributed by atoms with Crippen LogP contribution < -0.4 is 15.4 Å². The van der Waals surface area contributed by atoms with Crippen molar-refractivity contribution in [1.82, 2.24) is 10.6 Å². The third kappa shape index (κ3) is 4.93. The number of hydrogen-bond donors (Lipinski definition) is 2. The van der Waals surface area contributed by atoms with Crippen LogP contribution in [0.1, 0.15) is 12.0 Å². The van der Waals surface area contributed by atoms with E-state index in [0.29, 0.717) is 19.5 Å². The van der Waals surface area contributed by atoms with Crippen LogP contribution in [-0.2, 0) is 16.4 Å². The maximum absolute atomic E-state index is 11.7. The van der Waals surface area contributed by atoms with E-state index in [9.17, 15) is 13.2 Å². The van der Waals surface area contributed by atoms with E-state index in [2.05, 4.69) is 10.6 Å². The van der Waals surface area contributed by atoms with Crippen LogP contribution in [0.3, 0.4) is 0 Å². The van der Waals surface area contributed by atoms with Gasteiger partial charge in [-0.25, -0.2) is 13.2 Å². The summed E-state index contributed by atoms with van der Waals surface area (Å²) in [6, 6.07) is 7.15. The van der Waals surface area contributed by atoms with Gasteiger partial charge >= 0.3 is 6.03 Å². The highest BCUT2D eigenvalue weighted by atomic mass is 32.2. The smallest absolute Gasteiger partial charge is 0.315 e. The van der Waals surface area contributed by atoms with Crippen LogP contribution in [0.15, 0.2) is 24.3 Å². The van der Waals surface area contributed by atoms with Crippen molar-refractivity contribution in [2.75, 3.05) is 25.2 Å². The van der Waals surface area contributed by atoms with Crippen molar-refractivity contribution in [3.05, 3.63) is 29.8 Å². The van der Waals surface area contributed by atoms with Gasteiger partial charge in [-0.1, -0.05) is 12.1 Å². The van der Waals surface area contributed by atoms with Gasteiger partial charge in [-0.05, 0) is 30.0 Å². The molecule has 0 unspecified atom stereocenters. The molecule has 0 radical (unpaired) electrons. The molecule has 7 heteroatoms. The van der Waals surface area contributed by atoms with Crippen LogP contribution in [0.5, 0.6) is 5.75 Å². The van der Waals surface area contributed by atoms with E-state index in [4.69, 9.17) is 4.74 Å². The molecule has 1 heterocycles. The van der Waals surface area contributed by atoms with Crippen molar-refractivity contribution in [2.24, 2.45) is 5.92 Å². The van der Waals surface area contributed by atoms with Gasteiger partial charge in [-0.15, -0.1) is 0 Å². The number of nitrogens with one attached hydrogen (secondary N) is 2. The van der Waals surface area contributed by atoms with Gasteiger partial charge in [-0.3, -0.25) is 0 Å². The monoisotopic (exact) mass is 312 g/mol. The van der Waals surface area contributed by atoms with Gasteiger partial charge in [0, 0.05) is 13.1 Å². The third-order valence-corrected chi connectivity index (χ3v) is 5.30. The molecule has 1 saturated heterocycles. The minimum atomic E-state index is -2.89. The molecule has 0 saturated carbocycles. The number of carbonyl (C=O) groups excluding carboxylic acids is 1. The summed E-state index contributed by atoms with van der Waals surface area (Å²) >= 11 is 0. The van der Waals surface area contributed by atoms with Gasteiger partial charge in [0.1, 0.15) is 5.75 Å². The van der Waals surface area contributed by atoms with Crippen molar-refractivity contribution >= 4 is 15.9 Å². The van der Waals surface area contributed by atoms with Crippen LogP contribution >= 0.6 is 0 Å². The number of methoxy groups -OCH3 is 1. The molecule has 0 aromatic heterocycles. The van der Waals surface area contributed by atoms with Gasteiger partial charge < -0.3 is 15.4 Å². The molecule has 1 aromatic rings. The Bertz CT molecular complexity index is 601. The zero-order valence-corrected chi connectivity index (χ0v) is 12.8. The molecule has 2 N–H and O–H groups in total. The highest BCUT2D eigenvalue weighted by Gasteiger charge is 2.27. The van der Waals surface area contributed by atoms with Gasteiger partial charge in [-0.2, -0.15) is 0 Å². The Morgan fingerprint density at radius 2 is 2.19 bits per heavy atom. The first-order chi connectivity index (χ1) is 9.98. The second kappa shape index (κ2) is 6.80. The average molecular weight is 312 g/mol. The molecule has 1 aromatic carbocycles. The second-order valence-corrected chi connectivity index (χ2v) is 7.41. The number of ether oxygens (including phenoxy) is 1. The Morgan fingerprint density at radius 1 is 1.38 bits per heavy atom. The van der Waals surface area contributed by atoms with Crippen LogP contribution in [-0.4, -0.2) is 39.6 Å². The van der Waals surface area contributed by atoms with E-state index < -0.39 is 9.84 Å². The van der Waals surface area contributed by atoms with Crippen LogP contribution in [0.25, 0.3) is 0 Å². The molecular weight excluding hydrogens is 292 g/mol. The van der Waals surface area contributed by atoms with Crippen molar-refractivity contribution in [2.45, 2.75) is 13.0 Å². The summed E-state index contributed by atoms with van der Waals surface area (Å²) < 4.78 is 27.7. The summed E-state index contributed by atoms with van der Waals surface area (Å²) in [6.07, 6.45) is 0.624. The predicted molar refractivity (Wildman–Crippen MR) is 80.0 cm³/mol. The summed E-state index contributed by atoms with van der Waals surface area (Å²) in [4.78, 5) is 11.7. The topological polar surface area (TPSA) is 84.5 Å². The molecule has 0 spiro atoms. The highest BCUT2D eigenvalue weighted by molar-refractivity contribution is 7.91. The number of amides is 2. The molecule has 1 aliphatic rings. The van der Waals surface area contributed by atoms with E-state index in [1.807, 2.05) is 24.3 Å². The van der Waals surface area contributed by atoms with Gasteiger partial charge in [0.25, 0.3) is 0 Å². The fraction of sp³-hybridized carbons (Fsp3) is 0.500. The normalized spacial score (nSPS) is 20.0. The minimum absolute atomic E-state index is 0.0255. The zero-order chi connectivity index (χ0) is 15.3. The van der Waals surface area contributed by atoms with Crippen LogP contribution in [0.4, 0.5) is 4.79 Å². The summed E-state index contributed by atoms with van der Waals surface area (Å²) in [5.41, 5.74) is 0.938. The Labute approximate surface area is 124 Å². The first-order valence-electron chi connectivity index (χ1n) is 6.83. The number of benzene rings is 1. The Kier molecular flexibility index (Phi) is 5.06. The summed E-state index contributed by atoms with van der Waals surface area (Å²) in [5.74, 6) is 1.16. The molecule has 0 bridgehead atoms. The number of hydrogen-bond acceptors (Lipinski definition) is 4. The molecule has 2 amide bonds. The van der Waals surface area contributed by atoms with Crippen LogP contribution in [0, 0.1) is 5.92 Å². The van der Waals surface area contributed by atoms with Crippen molar-refractivity contribution in [3.8, 4) is 5.75 Å². The predicted octanol–water partition coefficient (Wildman–Crippen LogP) is 0.929. The van der Waals surface area contributed by atoms with E-state index in [0.717, 1.165) is 11.3 Å². The zero-order valence-electron chi connectivity index (χ0n) is 12.0. The van der Waals surface area contributed by atoms with Crippen LogP contribution in [0.2, 0.25) is 0 Å². The first-order valence-corrected chi connectivity index (χ1v) is 8.66. The standard InChI is InChI=1S/C14H20N2O4S/c1-20-13-4-2-3-11(7-13)8-15-14(17)16-9-12-5-6-21(18,19)10-12/h2-4,7,12H,5-6,8-10H2,1H3,(H2,15,16,17)/t12-/m0/s1. The van der Waals surface area contributed by atoms with Crippen molar-refractivity contribution in [3.63, 3.8) is 0 Å². The maximum Gasteiger partial charge on any atom is 0.315 e. The molecule has 1 fully saturated rings. The van der Waals surface area contributed by atoms with E-state index in [1.165, 1.54) is 0 Å². The average Bonchev–Trinajstić information content (AvgIpc) is 2.82. The largest absolute Gasteiger partial charge is 0.497 e. The lowest BCUT2D eigenvalue weighted by molar-refractivity contribution is 0.239. The number of sulfone groups is 1. The van der Waals surface area contributed by atoms with Gasteiger partial charge in [0.05, 0.1) is 18.6 Å². The van der Waals surface area contributed by atoms with Crippen molar-refractivity contribution in [1.29, 1.82) is 0 Å². The molecule has 116 valence electrons. The van der Waals surface area contributed by atoms with E-state index in [-0.39, 0.29) is 23.5 Å². The Hall–Kier alpha value is -1.76. The number of rotatable bonds is 5.